The average Bonchev–Trinajstić information content (AvgIpc) is 2.52. The lowest BCUT2D eigenvalue weighted by Crippen LogP contribution is -2.37. The van der Waals surface area contributed by atoms with Gasteiger partial charge in [0.25, 0.3) is 0 Å². The Balaban J connectivity index is 1.46. The Morgan fingerprint density at radius 3 is 2.48 bits per heavy atom. The van der Waals surface area contributed by atoms with Gasteiger partial charge in [-0.1, -0.05) is 12.2 Å². The van der Waals surface area contributed by atoms with Crippen molar-refractivity contribution in [3.63, 3.8) is 0 Å². The molecule has 5 atom stereocenters. The average molecular weight is 308 g/mol. The Morgan fingerprint density at radius 1 is 1.05 bits per heavy atom. The van der Waals surface area contributed by atoms with Gasteiger partial charge in [0.1, 0.15) is 0 Å². The van der Waals surface area contributed by atoms with Crippen LogP contribution in [0.4, 0.5) is 0 Å². The number of carbonyl (C=O) groups excluding carboxylic acids is 1. The third-order valence-corrected chi connectivity index (χ3v) is 7.12. The van der Waals surface area contributed by atoms with E-state index in [9.17, 15) is 4.79 Å². The minimum absolute atomic E-state index is 0.0804. The fourth-order valence-electron chi connectivity index (χ4n) is 4.82. The molecule has 0 spiro atoms. The summed E-state index contributed by atoms with van der Waals surface area (Å²) >= 11 is 1.77. The maximum Gasteiger partial charge on any atom is 0.315 e. The van der Waals surface area contributed by atoms with Gasteiger partial charge in [0.15, 0.2) is 0 Å². The topological polar surface area (TPSA) is 26.3 Å². The van der Waals surface area contributed by atoms with Crippen molar-refractivity contribution in [1.82, 2.24) is 0 Å². The van der Waals surface area contributed by atoms with Gasteiger partial charge in [0.05, 0.1) is 12.9 Å². The van der Waals surface area contributed by atoms with Gasteiger partial charge < -0.3 is 4.74 Å². The Labute approximate surface area is 133 Å². The molecule has 3 rings (SSSR count). The van der Waals surface area contributed by atoms with Crippen LogP contribution in [0.15, 0.2) is 12.2 Å². The molecule has 0 aromatic rings. The number of methoxy groups -OCH3 is 1. The zero-order valence-corrected chi connectivity index (χ0v) is 13.9. The summed E-state index contributed by atoms with van der Waals surface area (Å²) in [6.45, 7) is 0. The molecular formula is C18H28O2S. The predicted octanol–water partition coefficient (Wildman–Crippen LogP) is 4.30. The second-order valence-corrected chi connectivity index (χ2v) is 8.26. The summed E-state index contributed by atoms with van der Waals surface area (Å²) in [5.74, 6) is 6.34. The van der Waals surface area contributed by atoms with Crippen LogP contribution in [0.5, 0.6) is 0 Å². The lowest BCUT2D eigenvalue weighted by atomic mass is 9.59. The van der Waals surface area contributed by atoms with E-state index >= 15 is 0 Å². The highest BCUT2D eigenvalue weighted by Crippen LogP contribution is 2.50. The molecule has 0 radical (unpaired) electrons. The number of thioether (sulfide) groups is 1. The van der Waals surface area contributed by atoms with Crippen LogP contribution in [0.1, 0.15) is 44.9 Å². The van der Waals surface area contributed by atoms with E-state index in [1.165, 1.54) is 52.1 Å². The number of esters is 1. The molecular weight excluding hydrogens is 280 g/mol. The fraction of sp³-hybridized carbons (Fsp3) is 0.833. The summed E-state index contributed by atoms with van der Waals surface area (Å²) in [4.78, 5) is 11.2. The summed E-state index contributed by atoms with van der Waals surface area (Å²) in [5.41, 5.74) is 0. The number of allylic oxidation sites excluding steroid dienone is 2. The van der Waals surface area contributed by atoms with Gasteiger partial charge in [-0.3, -0.25) is 4.79 Å². The molecule has 3 aliphatic rings. The largest absolute Gasteiger partial charge is 0.468 e. The molecule has 0 saturated heterocycles. The molecule has 0 aromatic carbocycles. The first kappa shape index (κ1) is 15.5. The molecule has 0 N–H and O–H groups in total. The normalized spacial score (nSPS) is 38.4. The van der Waals surface area contributed by atoms with Gasteiger partial charge in [-0.15, -0.1) is 11.8 Å². The molecule has 3 heteroatoms. The number of fused-ring (bicyclic) bond motifs is 2. The molecule has 0 amide bonds. The first-order chi connectivity index (χ1) is 10.3. The quantitative estimate of drug-likeness (QED) is 0.572. The smallest absolute Gasteiger partial charge is 0.315 e. The first-order valence-electron chi connectivity index (χ1n) is 8.55. The van der Waals surface area contributed by atoms with Crippen LogP contribution in [0.2, 0.25) is 0 Å². The van der Waals surface area contributed by atoms with Gasteiger partial charge in [0.2, 0.25) is 0 Å². The second-order valence-electron chi connectivity index (χ2n) is 7.22. The maximum absolute atomic E-state index is 11.2. The first-order valence-corrected chi connectivity index (χ1v) is 9.71. The van der Waals surface area contributed by atoms with Gasteiger partial charge in [0, 0.05) is 0 Å². The summed E-state index contributed by atoms with van der Waals surface area (Å²) in [6, 6.07) is 0. The van der Waals surface area contributed by atoms with Gasteiger partial charge in [-0.25, -0.2) is 0 Å². The van der Waals surface area contributed by atoms with E-state index in [0.717, 1.165) is 35.3 Å². The molecule has 118 valence electrons. The minimum Gasteiger partial charge on any atom is -0.468 e. The van der Waals surface area contributed by atoms with Crippen molar-refractivity contribution in [2.75, 3.05) is 18.6 Å². The van der Waals surface area contributed by atoms with E-state index in [2.05, 4.69) is 12.2 Å². The highest BCUT2D eigenvalue weighted by Gasteiger charge is 2.39. The highest BCUT2D eigenvalue weighted by atomic mass is 32.2. The van der Waals surface area contributed by atoms with E-state index in [0.29, 0.717) is 5.75 Å². The standard InChI is InChI=1S/C18H28O2S/c1-20-18(19)12-21-11-13-6-7-16-9-14-4-2-3-5-15(14)10-17(16)8-13/h2-3,13-17H,4-12H2,1H3. The second kappa shape index (κ2) is 7.21. The summed E-state index contributed by atoms with van der Waals surface area (Å²) in [5, 5.41) is 0. The van der Waals surface area contributed by atoms with Crippen LogP contribution in [-0.4, -0.2) is 24.6 Å². The molecule has 21 heavy (non-hydrogen) atoms. The van der Waals surface area contributed by atoms with Crippen LogP contribution >= 0.6 is 11.8 Å². The zero-order valence-electron chi connectivity index (χ0n) is 13.1. The van der Waals surface area contributed by atoms with E-state index in [1.807, 2.05) is 0 Å². The summed E-state index contributed by atoms with van der Waals surface area (Å²) < 4.78 is 4.72. The van der Waals surface area contributed by atoms with E-state index in [4.69, 9.17) is 4.74 Å². The Bertz CT molecular complexity index is 393. The van der Waals surface area contributed by atoms with E-state index < -0.39 is 0 Å². The van der Waals surface area contributed by atoms with Crippen molar-refractivity contribution in [1.29, 1.82) is 0 Å². The van der Waals surface area contributed by atoms with E-state index in [1.54, 1.807) is 11.8 Å². The summed E-state index contributed by atoms with van der Waals surface area (Å²) in [6.07, 6.45) is 14.7. The zero-order chi connectivity index (χ0) is 14.7. The maximum atomic E-state index is 11.2. The van der Waals surface area contributed by atoms with Crippen LogP contribution in [0.25, 0.3) is 0 Å². The molecule has 3 aliphatic carbocycles. The Hall–Kier alpha value is -0.440. The molecule has 0 heterocycles. The van der Waals surface area contributed by atoms with Crippen molar-refractivity contribution in [2.24, 2.45) is 29.6 Å². The minimum atomic E-state index is -0.0804. The van der Waals surface area contributed by atoms with Crippen molar-refractivity contribution in [3.8, 4) is 0 Å². The van der Waals surface area contributed by atoms with Crippen LogP contribution in [-0.2, 0) is 9.53 Å². The van der Waals surface area contributed by atoms with Gasteiger partial charge >= 0.3 is 5.97 Å². The Morgan fingerprint density at radius 2 is 1.76 bits per heavy atom. The van der Waals surface area contributed by atoms with Crippen molar-refractivity contribution < 1.29 is 9.53 Å². The van der Waals surface area contributed by atoms with E-state index in [-0.39, 0.29) is 5.97 Å². The molecule has 0 aliphatic heterocycles. The molecule has 0 aromatic heterocycles. The Kier molecular flexibility index (Phi) is 5.31. The van der Waals surface area contributed by atoms with Crippen molar-refractivity contribution >= 4 is 17.7 Å². The molecule has 5 unspecified atom stereocenters. The predicted molar refractivity (Wildman–Crippen MR) is 88.3 cm³/mol. The van der Waals surface area contributed by atoms with Gasteiger partial charge in [-0.2, -0.15) is 0 Å². The number of carbonyl (C=O) groups is 1. The molecule has 2 saturated carbocycles. The monoisotopic (exact) mass is 308 g/mol. The lowest BCUT2D eigenvalue weighted by molar-refractivity contribution is -0.137. The molecule has 2 nitrogen and oxygen atoms in total. The third kappa shape index (κ3) is 3.85. The number of rotatable bonds is 4. The third-order valence-electron chi connectivity index (χ3n) is 5.97. The molecule has 0 bridgehead atoms. The number of ether oxygens (including phenoxy) is 1. The van der Waals surface area contributed by atoms with Crippen molar-refractivity contribution in [2.45, 2.75) is 44.9 Å². The lowest BCUT2D eigenvalue weighted by Gasteiger charge is -2.46. The fourth-order valence-corrected chi connectivity index (χ4v) is 5.86. The van der Waals surface area contributed by atoms with Gasteiger partial charge in [-0.05, 0) is 80.3 Å². The van der Waals surface area contributed by atoms with Crippen LogP contribution < -0.4 is 0 Å². The highest BCUT2D eigenvalue weighted by molar-refractivity contribution is 7.99. The van der Waals surface area contributed by atoms with Crippen LogP contribution in [0, 0.1) is 29.6 Å². The number of hydrogen-bond acceptors (Lipinski definition) is 3. The van der Waals surface area contributed by atoms with Crippen molar-refractivity contribution in [3.05, 3.63) is 12.2 Å². The molecule has 2 fully saturated rings. The summed E-state index contributed by atoms with van der Waals surface area (Å²) in [7, 11) is 1.48. The van der Waals surface area contributed by atoms with Crippen LogP contribution in [0.3, 0.4) is 0 Å². The SMILES string of the molecule is COC(=O)CSCC1CCC2CC3CC=CCC3CC2C1. The number of hydrogen-bond donors (Lipinski definition) is 0.